The zero-order valence-corrected chi connectivity index (χ0v) is 9.51. The van der Waals surface area contributed by atoms with Crippen molar-refractivity contribution in [1.82, 2.24) is 5.43 Å². The zero-order valence-electron chi connectivity index (χ0n) is 9.51. The lowest BCUT2D eigenvalue weighted by Gasteiger charge is -2.15. The number of hydrogen-bond acceptors (Lipinski definition) is 3. The summed E-state index contributed by atoms with van der Waals surface area (Å²) in [5.74, 6) is 5.44. The van der Waals surface area contributed by atoms with Crippen LogP contribution in [0.3, 0.4) is 0 Å². The Labute approximate surface area is 87.7 Å². The van der Waals surface area contributed by atoms with Gasteiger partial charge in [-0.1, -0.05) is 12.5 Å². The third kappa shape index (κ3) is 8.23. The molecule has 0 radical (unpaired) electrons. The number of nitrogens with two attached hydrogens (primary N) is 1. The summed E-state index contributed by atoms with van der Waals surface area (Å²) in [6, 6.07) is 0.351. The third-order valence-corrected chi connectivity index (χ3v) is 2.11. The molecule has 0 aromatic heterocycles. The molecule has 0 aromatic carbocycles. The van der Waals surface area contributed by atoms with E-state index >= 15 is 0 Å². The number of hydrazine groups is 1. The van der Waals surface area contributed by atoms with Crippen molar-refractivity contribution < 1.29 is 4.74 Å². The summed E-state index contributed by atoms with van der Waals surface area (Å²) in [6.45, 7) is 9.66. The fourth-order valence-corrected chi connectivity index (χ4v) is 1.20. The first-order chi connectivity index (χ1) is 6.70. The van der Waals surface area contributed by atoms with Gasteiger partial charge in [-0.3, -0.25) is 11.3 Å². The van der Waals surface area contributed by atoms with E-state index in [0.29, 0.717) is 6.04 Å². The summed E-state index contributed by atoms with van der Waals surface area (Å²) in [7, 11) is 0. The largest absolute Gasteiger partial charge is 0.381 e. The van der Waals surface area contributed by atoms with Gasteiger partial charge in [-0.05, 0) is 32.6 Å². The molecule has 0 heterocycles. The second kappa shape index (κ2) is 9.19. The number of rotatable bonds is 9. The molecule has 0 rings (SSSR count). The van der Waals surface area contributed by atoms with Crippen LogP contribution in [-0.4, -0.2) is 19.3 Å². The van der Waals surface area contributed by atoms with E-state index in [9.17, 15) is 0 Å². The quantitative estimate of drug-likeness (QED) is 0.259. The number of ether oxygens (including phenoxy) is 1. The van der Waals surface area contributed by atoms with Gasteiger partial charge in [0.25, 0.3) is 0 Å². The molecular formula is C11H24N2O. The van der Waals surface area contributed by atoms with Gasteiger partial charge in [-0.25, -0.2) is 0 Å². The Kier molecular flexibility index (Phi) is 8.94. The van der Waals surface area contributed by atoms with Gasteiger partial charge in [0.15, 0.2) is 0 Å². The minimum Gasteiger partial charge on any atom is -0.381 e. The normalized spacial score (nSPS) is 12.8. The fraction of sp³-hybridized carbons (Fsp3) is 0.818. The SMILES string of the molecule is C=C(C)CCC(CCOCCC)NN. The highest BCUT2D eigenvalue weighted by molar-refractivity contribution is 4.88. The van der Waals surface area contributed by atoms with E-state index in [1.54, 1.807) is 0 Å². The molecule has 1 atom stereocenters. The molecule has 0 amide bonds. The molecule has 0 aliphatic carbocycles. The van der Waals surface area contributed by atoms with Crippen LogP contribution >= 0.6 is 0 Å². The molecule has 0 aliphatic heterocycles. The van der Waals surface area contributed by atoms with Crippen LogP contribution in [0.15, 0.2) is 12.2 Å². The fourth-order valence-electron chi connectivity index (χ4n) is 1.20. The Hall–Kier alpha value is -0.380. The first-order valence-electron chi connectivity index (χ1n) is 5.39. The van der Waals surface area contributed by atoms with E-state index in [4.69, 9.17) is 10.6 Å². The molecule has 3 heteroatoms. The number of nitrogens with one attached hydrogen (secondary N) is 1. The molecule has 0 saturated heterocycles. The molecule has 0 aromatic rings. The smallest absolute Gasteiger partial charge is 0.0481 e. The molecule has 14 heavy (non-hydrogen) atoms. The lowest BCUT2D eigenvalue weighted by Crippen LogP contribution is -2.36. The van der Waals surface area contributed by atoms with Crippen LogP contribution in [0, 0.1) is 0 Å². The van der Waals surface area contributed by atoms with E-state index in [-0.39, 0.29) is 0 Å². The third-order valence-electron chi connectivity index (χ3n) is 2.11. The molecule has 0 saturated carbocycles. The summed E-state index contributed by atoms with van der Waals surface area (Å²) in [6.07, 6.45) is 4.13. The molecule has 1 unspecified atom stereocenters. The van der Waals surface area contributed by atoms with Crippen molar-refractivity contribution in [3.8, 4) is 0 Å². The van der Waals surface area contributed by atoms with Gasteiger partial charge in [0.2, 0.25) is 0 Å². The highest BCUT2D eigenvalue weighted by Crippen LogP contribution is 2.06. The second-order valence-corrected chi connectivity index (χ2v) is 3.76. The lowest BCUT2D eigenvalue weighted by atomic mass is 10.1. The minimum absolute atomic E-state index is 0.351. The predicted molar refractivity (Wildman–Crippen MR) is 60.9 cm³/mol. The predicted octanol–water partition coefficient (Wildman–Crippen LogP) is 1.99. The Morgan fingerprint density at radius 2 is 2.14 bits per heavy atom. The van der Waals surface area contributed by atoms with Gasteiger partial charge in [0.05, 0.1) is 0 Å². The Morgan fingerprint density at radius 3 is 2.64 bits per heavy atom. The molecule has 0 spiro atoms. The van der Waals surface area contributed by atoms with Crippen molar-refractivity contribution in [1.29, 1.82) is 0 Å². The summed E-state index contributed by atoms with van der Waals surface area (Å²) >= 11 is 0. The maximum absolute atomic E-state index is 5.44. The molecule has 84 valence electrons. The summed E-state index contributed by atoms with van der Waals surface area (Å²) in [4.78, 5) is 0. The molecule has 3 nitrogen and oxygen atoms in total. The van der Waals surface area contributed by atoms with Gasteiger partial charge in [-0.2, -0.15) is 0 Å². The van der Waals surface area contributed by atoms with E-state index in [1.165, 1.54) is 5.57 Å². The van der Waals surface area contributed by atoms with Gasteiger partial charge < -0.3 is 4.74 Å². The molecule has 0 fully saturated rings. The maximum atomic E-state index is 5.44. The topological polar surface area (TPSA) is 47.3 Å². The molecule has 3 N–H and O–H groups in total. The summed E-state index contributed by atoms with van der Waals surface area (Å²) in [5, 5.41) is 0. The van der Waals surface area contributed by atoms with Gasteiger partial charge in [-0.15, -0.1) is 6.58 Å². The van der Waals surface area contributed by atoms with Crippen molar-refractivity contribution in [3.63, 3.8) is 0 Å². The van der Waals surface area contributed by atoms with E-state index in [1.807, 2.05) is 6.92 Å². The van der Waals surface area contributed by atoms with Crippen molar-refractivity contribution >= 4 is 0 Å². The molecule has 0 aliphatic rings. The lowest BCUT2D eigenvalue weighted by molar-refractivity contribution is 0.123. The first kappa shape index (κ1) is 13.6. The van der Waals surface area contributed by atoms with Crippen LogP contribution < -0.4 is 11.3 Å². The highest BCUT2D eigenvalue weighted by atomic mass is 16.5. The van der Waals surface area contributed by atoms with Crippen molar-refractivity contribution in [2.24, 2.45) is 5.84 Å². The van der Waals surface area contributed by atoms with Crippen molar-refractivity contribution in [2.75, 3.05) is 13.2 Å². The van der Waals surface area contributed by atoms with Gasteiger partial charge in [0.1, 0.15) is 0 Å². The zero-order chi connectivity index (χ0) is 10.8. The monoisotopic (exact) mass is 200 g/mol. The second-order valence-electron chi connectivity index (χ2n) is 3.76. The Balaban J connectivity index is 3.42. The van der Waals surface area contributed by atoms with Gasteiger partial charge >= 0.3 is 0 Å². The van der Waals surface area contributed by atoms with Gasteiger partial charge in [0, 0.05) is 19.3 Å². The Bertz CT molecular complexity index is 148. The highest BCUT2D eigenvalue weighted by Gasteiger charge is 2.05. The van der Waals surface area contributed by atoms with E-state index < -0.39 is 0 Å². The number of hydrogen-bond donors (Lipinski definition) is 2. The van der Waals surface area contributed by atoms with Crippen LogP contribution in [0.5, 0.6) is 0 Å². The van der Waals surface area contributed by atoms with Crippen LogP contribution in [0.4, 0.5) is 0 Å². The van der Waals surface area contributed by atoms with Crippen molar-refractivity contribution in [3.05, 3.63) is 12.2 Å². The minimum atomic E-state index is 0.351. The molecular weight excluding hydrogens is 176 g/mol. The maximum Gasteiger partial charge on any atom is 0.0481 e. The van der Waals surface area contributed by atoms with Crippen LogP contribution in [-0.2, 0) is 4.74 Å². The molecule has 0 bridgehead atoms. The Morgan fingerprint density at radius 1 is 1.43 bits per heavy atom. The summed E-state index contributed by atoms with van der Waals surface area (Å²) in [5.41, 5.74) is 4.02. The average molecular weight is 200 g/mol. The standard InChI is InChI=1S/C11H24N2O/c1-4-8-14-9-7-11(13-12)6-5-10(2)3/h11,13H,2,4-9,12H2,1,3H3. The van der Waals surface area contributed by atoms with Crippen LogP contribution in [0.2, 0.25) is 0 Å². The van der Waals surface area contributed by atoms with E-state index in [0.717, 1.165) is 38.9 Å². The summed E-state index contributed by atoms with van der Waals surface area (Å²) < 4.78 is 5.40. The first-order valence-corrected chi connectivity index (χ1v) is 5.39. The average Bonchev–Trinajstić information content (AvgIpc) is 2.16. The van der Waals surface area contributed by atoms with Crippen molar-refractivity contribution in [2.45, 2.75) is 45.6 Å². The van der Waals surface area contributed by atoms with E-state index in [2.05, 4.69) is 18.9 Å². The van der Waals surface area contributed by atoms with Crippen LogP contribution in [0.25, 0.3) is 0 Å². The number of allylic oxidation sites excluding steroid dienone is 1. The van der Waals surface area contributed by atoms with Crippen LogP contribution in [0.1, 0.15) is 39.5 Å².